The van der Waals surface area contributed by atoms with Crippen molar-refractivity contribution in [3.8, 4) is 0 Å². The third-order valence-corrected chi connectivity index (χ3v) is 3.14. The second-order valence-electron chi connectivity index (χ2n) is 5.16. The van der Waals surface area contributed by atoms with Crippen molar-refractivity contribution in [2.45, 2.75) is 39.3 Å². The van der Waals surface area contributed by atoms with Crippen molar-refractivity contribution in [2.75, 3.05) is 13.2 Å². The Balaban J connectivity index is 2.29. The molecule has 0 saturated carbocycles. The molecule has 2 aromatic rings. The van der Waals surface area contributed by atoms with Gasteiger partial charge in [-0.2, -0.15) is 0 Å². The molecule has 1 heterocycles. The van der Waals surface area contributed by atoms with Gasteiger partial charge < -0.3 is 10.1 Å². The van der Waals surface area contributed by atoms with E-state index in [2.05, 4.69) is 42.1 Å². The van der Waals surface area contributed by atoms with Crippen molar-refractivity contribution < 1.29 is 4.74 Å². The number of fused-ring (bicyclic) bond motifs is 1. The predicted molar refractivity (Wildman–Crippen MR) is 81.7 cm³/mol. The van der Waals surface area contributed by atoms with E-state index in [1.165, 1.54) is 0 Å². The quantitative estimate of drug-likeness (QED) is 0.842. The fourth-order valence-corrected chi connectivity index (χ4v) is 2.16. The first-order chi connectivity index (χ1) is 9.72. The van der Waals surface area contributed by atoms with E-state index in [0.29, 0.717) is 6.61 Å². The Morgan fingerprint density at radius 1 is 1.20 bits per heavy atom. The predicted octanol–water partition coefficient (Wildman–Crippen LogP) is 3.10. The molecule has 1 N–H and O–H groups in total. The van der Waals surface area contributed by atoms with Crippen molar-refractivity contribution in [2.24, 2.45) is 0 Å². The molecule has 0 bridgehead atoms. The molecular formula is C16H23N3O. The minimum atomic E-state index is 0.151. The van der Waals surface area contributed by atoms with E-state index in [1.807, 2.05) is 12.1 Å². The van der Waals surface area contributed by atoms with E-state index in [0.717, 1.165) is 29.6 Å². The van der Waals surface area contributed by atoms with E-state index >= 15 is 0 Å². The first-order valence-corrected chi connectivity index (χ1v) is 7.27. The second kappa shape index (κ2) is 7.31. The van der Waals surface area contributed by atoms with Crippen LogP contribution in [-0.2, 0) is 4.74 Å². The van der Waals surface area contributed by atoms with E-state index < -0.39 is 0 Å². The Morgan fingerprint density at radius 2 is 2.00 bits per heavy atom. The van der Waals surface area contributed by atoms with Crippen LogP contribution in [-0.4, -0.2) is 29.2 Å². The molecule has 20 heavy (non-hydrogen) atoms. The maximum Gasteiger partial charge on any atom is 0.0935 e. The SMILES string of the molecule is CCCNC(COC(C)C)c1cccc2nccnc12. The van der Waals surface area contributed by atoms with Gasteiger partial charge in [0.25, 0.3) is 0 Å². The largest absolute Gasteiger partial charge is 0.377 e. The molecule has 1 aromatic carbocycles. The molecule has 0 amide bonds. The Morgan fingerprint density at radius 3 is 2.75 bits per heavy atom. The molecule has 0 fully saturated rings. The van der Waals surface area contributed by atoms with Crippen LogP contribution < -0.4 is 5.32 Å². The van der Waals surface area contributed by atoms with Gasteiger partial charge in [0.15, 0.2) is 0 Å². The lowest BCUT2D eigenvalue weighted by molar-refractivity contribution is 0.0613. The van der Waals surface area contributed by atoms with Crippen LogP contribution in [0.15, 0.2) is 30.6 Å². The molecule has 0 spiro atoms. The van der Waals surface area contributed by atoms with Gasteiger partial charge in [-0.1, -0.05) is 19.1 Å². The Bertz CT molecular complexity index is 537. The Hall–Kier alpha value is -1.52. The van der Waals surface area contributed by atoms with Crippen LogP contribution in [0, 0.1) is 0 Å². The number of hydrogen-bond acceptors (Lipinski definition) is 4. The van der Waals surface area contributed by atoms with Gasteiger partial charge in [-0.05, 0) is 38.4 Å². The van der Waals surface area contributed by atoms with Gasteiger partial charge in [-0.15, -0.1) is 0 Å². The van der Waals surface area contributed by atoms with Crippen LogP contribution in [0.3, 0.4) is 0 Å². The third-order valence-electron chi connectivity index (χ3n) is 3.14. The van der Waals surface area contributed by atoms with Crippen LogP contribution in [0.1, 0.15) is 38.8 Å². The summed E-state index contributed by atoms with van der Waals surface area (Å²) in [6.07, 6.45) is 4.79. The van der Waals surface area contributed by atoms with Gasteiger partial charge in [0.1, 0.15) is 0 Å². The lowest BCUT2D eigenvalue weighted by Crippen LogP contribution is -2.27. The van der Waals surface area contributed by atoms with Gasteiger partial charge in [-0.25, -0.2) is 0 Å². The van der Waals surface area contributed by atoms with Crippen LogP contribution in [0.5, 0.6) is 0 Å². The first-order valence-electron chi connectivity index (χ1n) is 7.27. The lowest BCUT2D eigenvalue weighted by Gasteiger charge is -2.21. The second-order valence-corrected chi connectivity index (χ2v) is 5.16. The van der Waals surface area contributed by atoms with Crippen LogP contribution >= 0.6 is 0 Å². The van der Waals surface area contributed by atoms with Crippen LogP contribution in [0.4, 0.5) is 0 Å². The van der Waals surface area contributed by atoms with E-state index in [1.54, 1.807) is 12.4 Å². The van der Waals surface area contributed by atoms with Gasteiger partial charge in [0.2, 0.25) is 0 Å². The van der Waals surface area contributed by atoms with Crippen LogP contribution in [0.25, 0.3) is 11.0 Å². The average molecular weight is 273 g/mol. The van der Waals surface area contributed by atoms with E-state index in [-0.39, 0.29) is 12.1 Å². The summed E-state index contributed by atoms with van der Waals surface area (Å²) in [6.45, 7) is 7.88. The number of ether oxygens (including phenoxy) is 1. The van der Waals surface area contributed by atoms with Gasteiger partial charge >= 0.3 is 0 Å². The highest BCUT2D eigenvalue weighted by Crippen LogP contribution is 2.22. The summed E-state index contributed by atoms with van der Waals surface area (Å²) in [5.74, 6) is 0. The summed E-state index contributed by atoms with van der Waals surface area (Å²) in [5, 5.41) is 3.54. The number of hydrogen-bond donors (Lipinski definition) is 1. The molecule has 0 aliphatic rings. The number of rotatable bonds is 7. The molecular weight excluding hydrogens is 250 g/mol. The number of benzene rings is 1. The highest BCUT2D eigenvalue weighted by molar-refractivity contribution is 5.78. The van der Waals surface area contributed by atoms with Crippen molar-refractivity contribution >= 4 is 11.0 Å². The molecule has 4 heteroatoms. The Labute approximate surface area is 120 Å². The molecule has 1 aromatic heterocycles. The summed E-state index contributed by atoms with van der Waals surface area (Å²) >= 11 is 0. The fourth-order valence-electron chi connectivity index (χ4n) is 2.16. The zero-order valence-electron chi connectivity index (χ0n) is 12.5. The molecule has 1 atom stereocenters. The van der Waals surface area contributed by atoms with Crippen molar-refractivity contribution in [3.63, 3.8) is 0 Å². The monoisotopic (exact) mass is 273 g/mol. The van der Waals surface area contributed by atoms with Gasteiger partial charge in [0, 0.05) is 12.4 Å². The fraction of sp³-hybridized carbons (Fsp3) is 0.500. The molecule has 1 unspecified atom stereocenters. The van der Waals surface area contributed by atoms with Crippen LogP contribution in [0.2, 0.25) is 0 Å². The highest BCUT2D eigenvalue weighted by atomic mass is 16.5. The number of nitrogens with zero attached hydrogens (tertiary/aromatic N) is 2. The number of nitrogens with one attached hydrogen (secondary N) is 1. The maximum absolute atomic E-state index is 5.79. The van der Waals surface area contributed by atoms with Gasteiger partial charge in [-0.3, -0.25) is 9.97 Å². The smallest absolute Gasteiger partial charge is 0.0935 e. The molecule has 108 valence electrons. The summed E-state index contributed by atoms with van der Waals surface area (Å²) in [5.41, 5.74) is 3.04. The maximum atomic E-state index is 5.79. The Kier molecular flexibility index (Phi) is 5.44. The normalized spacial score (nSPS) is 13.0. The number of para-hydroxylation sites is 1. The topological polar surface area (TPSA) is 47.0 Å². The van der Waals surface area contributed by atoms with E-state index in [4.69, 9.17) is 4.74 Å². The number of aromatic nitrogens is 2. The molecule has 0 radical (unpaired) electrons. The molecule has 4 nitrogen and oxygen atoms in total. The summed E-state index contributed by atoms with van der Waals surface area (Å²) < 4.78 is 5.79. The minimum Gasteiger partial charge on any atom is -0.377 e. The van der Waals surface area contributed by atoms with Crippen molar-refractivity contribution in [1.29, 1.82) is 0 Å². The third kappa shape index (κ3) is 3.74. The standard InChI is InChI=1S/C16H23N3O/c1-4-8-17-15(11-20-12(2)3)13-6-5-7-14-16(13)19-10-9-18-14/h5-7,9-10,12,15,17H,4,8,11H2,1-3H3. The first kappa shape index (κ1) is 14.9. The summed E-state index contributed by atoms with van der Waals surface area (Å²) in [7, 11) is 0. The summed E-state index contributed by atoms with van der Waals surface area (Å²) in [4.78, 5) is 8.85. The average Bonchev–Trinajstić information content (AvgIpc) is 2.47. The zero-order chi connectivity index (χ0) is 14.4. The zero-order valence-corrected chi connectivity index (χ0v) is 12.5. The van der Waals surface area contributed by atoms with E-state index in [9.17, 15) is 0 Å². The minimum absolute atomic E-state index is 0.151. The summed E-state index contributed by atoms with van der Waals surface area (Å²) in [6, 6.07) is 6.28. The molecule has 0 saturated heterocycles. The van der Waals surface area contributed by atoms with Gasteiger partial charge in [0.05, 0.1) is 29.8 Å². The highest BCUT2D eigenvalue weighted by Gasteiger charge is 2.15. The molecule has 2 rings (SSSR count). The van der Waals surface area contributed by atoms with Crippen molar-refractivity contribution in [3.05, 3.63) is 36.2 Å². The van der Waals surface area contributed by atoms with Crippen molar-refractivity contribution in [1.82, 2.24) is 15.3 Å². The lowest BCUT2D eigenvalue weighted by atomic mass is 10.0. The molecule has 0 aliphatic carbocycles. The molecule has 0 aliphatic heterocycles.